The molecule has 0 fully saturated rings. The van der Waals surface area contributed by atoms with Gasteiger partial charge in [0.15, 0.2) is 18.4 Å². The van der Waals surface area contributed by atoms with E-state index in [-0.39, 0.29) is 11.9 Å². The molecule has 64 valence electrons. The number of hydrogen-bond acceptors (Lipinski definition) is 3. The summed E-state index contributed by atoms with van der Waals surface area (Å²) in [5.74, 6) is -0.848. The Bertz CT molecular complexity index is 161. The Labute approximate surface area is 64.8 Å². The first kappa shape index (κ1) is 10.3. The van der Waals surface area contributed by atoms with Crippen LogP contribution in [0, 0.1) is 0 Å². The lowest BCUT2D eigenvalue weighted by atomic mass is 10.2. The van der Waals surface area contributed by atoms with Gasteiger partial charge in [0, 0.05) is 19.8 Å². The van der Waals surface area contributed by atoms with Gasteiger partial charge in [-0.1, -0.05) is 0 Å². The Morgan fingerprint density at radius 1 is 1.45 bits per heavy atom. The van der Waals surface area contributed by atoms with Crippen molar-refractivity contribution in [1.29, 1.82) is 0 Å². The topological polar surface area (TPSA) is 35.5 Å². The second-order valence-electron chi connectivity index (χ2n) is 1.95. The predicted octanol–water partition coefficient (Wildman–Crippen LogP) is 1.05. The van der Waals surface area contributed by atoms with Gasteiger partial charge < -0.3 is 9.47 Å². The number of methoxy groups -OCH3 is 2. The summed E-state index contributed by atoms with van der Waals surface area (Å²) in [5.41, 5.74) is 0.144. The smallest absolute Gasteiger partial charge is 0.182 e. The van der Waals surface area contributed by atoms with Crippen molar-refractivity contribution in [3.8, 4) is 0 Å². The molecule has 0 aliphatic carbocycles. The average Bonchev–Trinajstić information content (AvgIpc) is 2.05. The number of hydrogen-bond donors (Lipinski definition) is 0. The van der Waals surface area contributed by atoms with Gasteiger partial charge in [-0.2, -0.15) is 0 Å². The van der Waals surface area contributed by atoms with Crippen LogP contribution in [0.3, 0.4) is 0 Å². The quantitative estimate of drug-likeness (QED) is 0.352. The molecule has 0 spiro atoms. The van der Waals surface area contributed by atoms with Crippen LogP contribution in [0.2, 0.25) is 0 Å². The third kappa shape index (κ3) is 2.78. The van der Waals surface area contributed by atoms with Crippen molar-refractivity contribution in [3.63, 3.8) is 0 Å². The van der Waals surface area contributed by atoms with Gasteiger partial charge in [0.1, 0.15) is 0 Å². The summed E-state index contributed by atoms with van der Waals surface area (Å²) in [4.78, 5) is 9.94. The van der Waals surface area contributed by atoms with Crippen molar-refractivity contribution >= 4 is 6.29 Å². The molecular formula is C7H11FO3. The van der Waals surface area contributed by atoms with E-state index in [0.717, 1.165) is 0 Å². The molecule has 4 heteroatoms. The Morgan fingerprint density at radius 2 is 1.91 bits per heavy atom. The lowest BCUT2D eigenvalue weighted by Gasteiger charge is -2.12. The van der Waals surface area contributed by atoms with E-state index in [9.17, 15) is 9.18 Å². The van der Waals surface area contributed by atoms with Crippen molar-refractivity contribution in [2.45, 2.75) is 13.2 Å². The molecule has 0 N–H and O–H groups in total. The lowest BCUT2D eigenvalue weighted by molar-refractivity contribution is -0.107. The van der Waals surface area contributed by atoms with Crippen LogP contribution in [-0.4, -0.2) is 26.8 Å². The van der Waals surface area contributed by atoms with E-state index in [2.05, 4.69) is 0 Å². The van der Waals surface area contributed by atoms with Gasteiger partial charge in [0.2, 0.25) is 0 Å². The molecule has 0 bridgehead atoms. The maximum Gasteiger partial charge on any atom is 0.182 e. The number of aldehydes is 1. The van der Waals surface area contributed by atoms with Crippen LogP contribution >= 0.6 is 0 Å². The van der Waals surface area contributed by atoms with Gasteiger partial charge in [-0.3, -0.25) is 4.79 Å². The second kappa shape index (κ2) is 4.98. The highest BCUT2D eigenvalue weighted by Crippen LogP contribution is 2.11. The molecule has 11 heavy (non-hydrogen) atoms. The second-order valence-corrected chi connectivity index (χ2v) is 1.95. The minimum atomic E-state index is -0.848. The van der Waals surface area contributed by atoms with Crippen LogP contribution in [0.15, 0.2) is 11.4 Å². The first-order valence-corrected chi connectivity index (χ1v) is 3.04. The zero-order valence-corrected chi connectivity index (χ0v) is 6.76. The van der Waals surface area contributed by atoms with Crippen molar-refractivity contribution in [3.05, 3.63) is 11.4 Å². The third-order valence-corrected chi connectivity index (χ3v) is 1.26. The van der Waals surface area contributed by atoms with Crippen molar-refractivity contribution in [1.82, 2.24) is 0 Å². The fourth-order valence-electron chi connectivity index (χ4n) is 0.655. The van der Waals surface area contributed by atoms with E-state index in [1.807, 2.05) is 0 Å². The van der Waals surface area contributed by atoms with Crippen LogP contribution in [0.4, 0.5) is 4.39 Å². The highest BCUT2D eigenvalue weighted by atomic mass is 19.1. The highest BCUT2D eigenvalue weighted by molar-refractivity contribution is 5.71. The molecule has 0 amide bonds. The number of carbonyl (C=O) groups is 1. The molecule has 0 aromatic rings. The van der Waals surface area contributed by atoms with Gasteiger partial charge in [0.25, 0.3) is 0 Å². The number of halogens is 1. The summed E-state index contributed by atoms with van der Waals surface area (Å²) in [6.07, 6.45) is -0.652. The van der Waals surface area contributed by atoms with Crippen molar-refractivity contribution < 1.29 is 18.7 Å². The van der Waals surface area contributed by atoms with E-state index in [1.165, 1.54) is 21.1 Å². The van der Waals surface area contributed by atoms with E-state index >= 15 is 0 Å². The fraction of sp³-hybridized carbons (Fsp3) is 0.571. The first-order valence-electron chi connectivity index (χ1n) is 3.04. The third-order valence-electron chi connectivity index (χ3n) is 1.26. The summed E-state index contributed by atoms with van der Waals surface area (Å²) in [5, 5.41) is 0. The number of ether oxygens (including phenoxy) is 2. The minimum Gasteiger partial charge on any atom is -0.352 e. The molecule has 0 aliphatic rings. The molecule has 0 saturated carbocycles. The number of rotatable bonds is 4. The van der Waals surface area contributed by atoms with Gasteiger partial charge in [-0.15, -0.1) is 0 Å². The molecule has 0 saturated heterocycles. The monoisotopic (exact) mass is 162 g/mol. The normalized spacial score (nSPS) is 13.2. The summed E-state index contributed by atoms with van der Waals surface area (Å²) >= 11 is 0. The van der Waals surface area contributed by atoms with E-state index in [0.29, 0.717) is 0 Å². The van der Waals surface area contributed by atoms with E-state index in [1.54, 1.807) is 0 Å². The lowest BCUT2D eigenvalue weighted by Crippen LogP contribution is -2.15. The Morgan fingerprint density at radius 3 is 2.18 bits per heavy atom. The van der Waals surface area contributed by atoms with Gasteiger partial charge in [-0.25, -0.2) is 4.39 Å². The SMILES string of the molecule is COC(OC)/C(C)=C(\F)C=O. The molecule has 0 atom stereocenters. The minimum absolute atomic E-state index is 0.125. The van der Waals surface area contributed by atoms with Gasteiger partial charge >= 0.3 is 0 Å². The van der Waals surface area contributed by atoms with Crippen molar-refractivity contribution in [2.75, 3.05) is 14.2 Å². The maximum atomic E-state index is 12.5. The summed E-state index contributed by atoms with van der Waals surface area (Å²) in [7, 11) is 2.74. The molecule has 0 radical (unpaired) electrons. The molecule has 0 aromatic heterocycles. The highest BCUT2D eigenvalue weighted by Gasteiger charge is 2.12. The molecule has 3 nitrogen and oxygen atoms in total. The zero-order chi connectivity index (χ0) is 8.85. The van der Waals surface area contributed by atoms with Crippen LogP contribution in [0.1, 0.15) is 6.92 Å². The molecule has 0 rings (SSSR count). The Hall–Kier alpha value is -0.740. The summed E-state index contributed by atoms with van der Waals surface area (Å²) in [6.45, 7) is 1.43. The van der Waals surface area contributed by atoms with Crippen LogP contribution in [0.25, 0.3) is 0 Å². The molecule has 0 unspecified atom stereocenters. The maximum absolute atomic E-state index is 12.5. The van der Waals surface area contributed by atoms with Crippen LogP contribution in [-0.2, 0) is 14.3 Å². The first-order chi connectivity index (χ1) is 5.17. The summed E-state index contributed by atoms with van der Waals surface area (Å²) in [6, 6.07) is 0. The number of allylic oxidation sites excluding steroid dienone is 1. The number of carbonyl (C=O) groups excluding carboxylic acids is 1. The molecule has 0 heterocycles. The standard InChI is InChI=1S/C7H11FO3/c1-5(6(8)4-9)7(10-2)11-3/h4,7H,1-3H3/b6-5-. The van der Waals surface area contributed by atoms with Crippen molar-refractivity contribution in [2.24, 2.45) is 0 Å². The largest absolute Gasteiger partial charge is 0.352 e. The van der Waals surface area contributed by atoms with Crippen LogP contribution in [0.5, 0.6) is 0 Å². The molecule has 0 aliphatic heterocycles. The fourth-order valence-corrected chi connectivity index (χ4v) is 0.655. The average molecular weight is 162 g/mol. The molecular weight excluding hydrogens is 151 g/mol. The molecule has 0 aromatic carbocycles. The Balaban J connectivity index is 4.40. The summed E-state index contributed by atoms with van der Waals surface area (Å²) < 4.78 is 21.9. The van der Waals surface area contributed by atoms with Gasteiger partial charge in [0.05, 0.1) is 0 Å². The van der Waals surface area contributed by atoms with Crippen LogP contribution < -0.4 is 0 Å². The van der Waals surface area contributed by atoms with E-state index < -0.39 is 12.1 Å². The predicted molar refractivity (Wildman–Crippen MR) is 37.7 cm³/mol. The van der Waals surface area contributed by atoms with E-state index in [4.69, 9.17) is 9.47 Å². The zero-order valence-electron chi connectivity index (χ0n) is 6.76. The van der Waals surface area contributed by atoms with Gasteiger partial charge in [-0.05, 0) is 6.92 Å². The Kier molecular flexibility index (Phi) is 4.65.